The van der Waals surface area contributed by atoms with Crippen LogP contribution in [0.5, 0.6) is 5.75 Å². The van der Waals surface area contributed by atoms with Crippen molar-refractivity contribution >= 4 is 21.6 Å². The Labute approximate surface area is 173 Å². The standard InChI is InChI=1S/C22H30N2O4S/c1-7-28-21-12-10-20(11-13-21)24(29(6,26)27)18(5)22(25)23-17(4)19-9-8-15(2)16(3)14-19/h8-14,17-18H,7H2,1-6H3,(H,23,25)/t17-,18-/m1/s1. The SMILES string of the molecule is CCOc1ccc(N([C@H](C)C(=O)N[C@H](C)c2ccc(C)c(C)c2)S(C)(=O)=O)cc1. The summed E-state index contributed by atoms with van der Waals surface area (Å²) in [5.74, 6) is 0.278. The van der Waals surface area contributed by atoms with Crippen LogP contribution < -0.4 is 14.4 Å². The van der Waals surface area contributed by atoms with E-state index in [-0.39, 0.29) is 11.9 Å². The van der Waals surface area contributed by atoms with E-state index in [2.05, 4.69) is 5.32 Å². The van der Waals surface area contributed by atoms with Crippen molar-refractivity contribution in [3.8, 4) is 5.75 Å². The molecule has 0 saturated carbocycles. The van der Waals surface area contributed by atoms with E-state index in [0.717, 1.165) is 21.7 Å². The van der Waals surface area contributed by atoms with Crippen molar-refractivity contribution in [1.82, 2.24) is 5.32 Å². The summed E-state index contributed by atoms with van der Waals surface area (Å²) in [4.78, 5) is 12.9. The fraction of sp³-hybridized carbons (Fsp3) is 0.409. The first-order valence-electron chi connectivity index (χ1n) is 9.64. The normalized spacial score (nSPS) is 13.4. The van der Waals surface area contributed by atoms with Gasteiger partial charge in [-0.15, -0.1) is 0 Å². The molecule has 1 amide bonds. The summed E-state index contributed by atoms with van der Waals surface area (Å²) in [5, 5.41) is 2.93. The summed E-state index contributed by atoms with van der Waals surface area (Å²) in [6, 6.07) is 11.5. The first-order valence-corrected chi connectivity index (χ1v) is 11.5. The summed E-state index contributed by atoms with van der Waals surface area (Å²) >= 11 is 0. The van der Waals surface area contributed by atoms with Gasteiger partial charge in [-0.05, 0) is 75.6 Å². The van der Waals surface area contributed by atoms with Gasteiger partial charge in [0.1, 0.15) is 11.8 Å². The summed E-state index contributed by atoms with van der Waals surface area (Å²) in [7, 11) is -3.67. The quantitative estimate of drug-likeness (QED) is 0.709. The second kappa shape index (κ2) is 9.31. The van der Waals surface area contributed by atoms with Crippen molar-refractivity contribution in [1.29, 1.82) is 0 Å². The van der Waals surface area contributed by atoms with Gasteiger partial charge in [0.05, 0.1) is 24.6 Å². The molecule has 2 atom stereocenters. The number of sulfonamides is 1. The number of hydrogen-bond acceptors (Lipinski definition) is 4. The third-order valence-electron chi connectivity index (χ3n) is 4.88. The van der Waals surface area contributed by atoms with Gasteiger partial charge in [-0.2, -0.15) is 0 Å². The molecular formula is C22H30N2O4S. The van der Waals surface area contributed by atoms with E-state index in [4.69, 9.17) is 4.74 Å². The predicted octanol–water partition coefficient (Wildman–Crippen LogP) is 3.73. The van der Waals surface area contributed by atoms with Crippen molar-refractivity contribution in [2.24, 2.45) is 0 Å². The minimum absolute atomic E-state index is 0.244. The Morgan fingerprint density at radius 1 is 1.07 bits per heavy atom. The van der Waals surface area contributed by atoms with Crippen LogP contribution in [-0.2, 0) is 14.8 Å². The monoisotopic (exact) mass is 418 g/mol. The van der Waals surface area contributed by atoms with Crippen molar-refractivity contribution < 1.29 is 17.9 Å². The Bertz CT molecular complexity index is 955. The molecule has 0 unspecified atom stereocenters. The number of amides is 1. The number of ether oxygens (including phenoxy) is 1. The number of rotatable bonds is 8. The number of nitrogens with zero attached hydrogens (tertiary/aromatic N) is 1. The maximum absolute atomic E-state index is 12.9. The lowest BCUT2D eigenvalue weighted by atomic mass is 10.0. The van der Waals surface area contributed by atoms with Gasteiger partial charge < -0.3 is 10.1 Å². The Hall–Kier alpha value is -2.54. The summed E-state index contributed by atoms with van der Waals surface area (Å²) < 4.78 is 31.4. The highest BCUT2D eigenvalue weighted by Gasteiger charge is 2.30. The molecule has 2 aromatic rings. The van der Waals surface area contributed by atoms with Gasteiger partial charge in [-0.25, -0.2) is 8.42 Å². The van der Waals surface area contributed by atoms with Crippen molar-refractivity contribution in [2.75, 3.05) is 17.2 Å². The molecular weight excluding hydrogens is 388 g/mol. The summed E-state index contributed by atoms with van der Waals surface area (Å²) in [6.45, 7) is 9.92. The number of anilines is 1. The highest BCUT2D eigenvalue weighted by atomic mass is 32.2. The van der Waals surface area contributed by atoms with E-state index >= 15 is 0 Å². The van der Waals surface area contributed by atoms with E-state index in [1.807, 2.05) is 45.9 Å². The van der Waals surface area contributed by atoms with E-state index in [1.54, 1.807) is 31.2 Å². The third-order valence-corrected chi connectivity index (χ3v) is 6.12. The number of aryl methyl sites for hydroxylation is 2. The first-order chi connectivity index (χ1) is 13.5. The van der Waals surface area contributed by atoms with Crippen LogP contribution in [0.15, 0.2) is 42.5 Å². The first kappa shape index (κ1) is 22.7. The molecule has 6 nitrogen and oxygen atoms in total. The van der Waals surface area contributed by atoms with Gasteiger partial charge in [0, 0.05) is 0 Å². The molecule has 0 fully saturated rings. The minimum atomic E-state index is -3.67. The Balaban J connectivity index is 2.23. The van der Waals surface area contributed by atoms with Crippen molar-refractivity contribution in [2.45, 2.75) is 46.7 Å². The molecule has 0 heterocycles. The van der Waals surface area contributed by atoms with Crippen LogP contribution in [0.2, 0.25) is 0 Å². The van der Waals surface area contributed by atoms with Crippen LogP contribution in [0.4, 0.5) is 5.69 Å². The molecule has 0 radical (unpaired) electrons. The molecule has 7 heteroatoms. The molecule has 0 bridgehead atoms. The van der Waals surface area contributed by atoms with Gasteiger partial charge in [-0.3, -0.25) is 9.10 Å². The summed E-state index contributed by atoms with van der Waals surface area (Å²) in [5.41, 5.74) is 3.71. The lowest BCUT2D eigenvalue weighted by Gasteiger charge is -2.29. The topological polar surface area (TPSA) is 75.7 Å². The van der Waals surface area contributed by atoms with E-state index in [0.29, 0.717) is 18.0 Å². The van der Waals surface area contributed by atoms with Gasteiger partial charge in [0.2, 0.25) is 15.9 Å². The van der Waals surface area contributed by atoms with Crippen LogP contribution in [0.1, 0.15) is 43.5 Å². The number of benzene rings is 2. The fourth-order valence-corrected chi connectivity index (χ4v) is 4.29. The second-order valence-corrected chi connectivity index (χ2v) is 9.10. The van der Waals surface area contributed by atoms with Gasteiger partial charge in [-0.1, -0.05) is 18.2 Å². The minimum Gasteiger partial charge on any atom is -0.494 e. The van der Waals surface area contributed by atoms with Crippen LogP contribution in [-0.4, -0.2) is 33.2 Å². The molecule has 0 spiro atoms. The number of carbonyl (C=O) groups is 1. The zero-order valence-corrected chi connectivity index (χ0v) is 18.7. The maximum Gasteiger partial charge on any atom is 0.244 e. The molecule has 0 saturated heterocycles. The van der Waals surface area contributed by atoms with Crippen LogP contribution >= 0.6 is 0 Å². The highest BCUT2D eigenvalue weighted by Crippen LogP contribution is 2.25. The highest BCUT2D eigenvalue weighted by molar-refractivity contribution is 7.92. The Kier molecular flexibility index (Phi) is 7.30. The molecule has 158 valence electrons. The van der Waals surface area contributed by atoms with Gasteiger partial charge >= 0.3 is 0 Å². The van der Waals surface area contributed by atoms with Crippen LogP contribution in [0.3, 0.4) is 0 Å². The average Bonchev–Trinajstić information content (AvgIpc) is 2.64. The smallest absolute Gasteiger partial charge is 0.244 e. The number of nitrogens with one attached hydrogen (secondary N) is 1. The third kappa shape index (κ3) is 5.73. The molecule has 0 aliphatic heterocycles. The number of carbonyl (C=O) groups excluding carboxylic acids is 1. The Morgan fingerprint density at radius 2 is 1.69 bits per heavy atom. The van der Waals surface area contributed by atoms with Crippen LogP contribution in [0, 0.1) is 13.8 Å². The summed E-state index contributed by atoms with van der Waals surface area (Å²) in [6.07, 6.45) is 1.10. The van der Waals surface area contributed by atoms with Crippen molar-refractivity contribution in [3.63, 3.8) is 0 Å². The largest absolute Gasteiger partial charge is 0.494 e. The molecule has 0 aromatic heterocycles. The zero-order chi connectivity index (χ0) is 21.8. The van der Waals surface area contributed by atoms with Crippen LogP contribution in [0.25, 0.3) is 0 Å². The molecule has 29 heavy (non-hydrogen) atoms. The molecule has 2 rings (SSSR count). The van der Waals surface area contributed by atoms with Crippen molar-refractivity contribution in [3.05, 3.63) is 59.2 Å². The zero-order valence-electron chi connectivity index (χ0n) is 17.9. The van der Waals surface area contributed by atoms with Gasteiger partial charge in [0.25, 0.3) is 0 Å². The van der Waals surface area contributed by atoms with E-state index in [9.17, 15) is 13.2 Å². The van der Waals surface area contributed by atoms with E-state index < -0.39 is 16.1 Å². The second-order valence-electron chi connectivity index (χ2n) is 7.24. The number of hydrogen-bond donors (Lipinski definition) is 1. The molecule has 0 aliphatic rings. The maximum atomic E-state index is 12.9. The van der Waals surface area contributed by atoms with E-state index in [1.165, 1.54) is 5.56 Å². The predicted molar refractivity (Wildman–Crippen MR) is 117 cm³/mol. The Morgan fingerprint density at radius 3 is 2.21 bits per heavy atom. The molecule has 1 N–H and O–H groups in total. The fourth-order valence-electron chi connectivity index (χ4n) is 3.12. The lowest BCUT2D eigenvalue weighted by molar-refractivity contribution is -0.122. The van der Waals surface area contributed by atoms with Gasteiger partial charge in [0.15, 0.2) is 0 Å². The molecule has 0 aliphatic carbocycles. The lowest BCUT2D eigenvalue weighted by Crippen LogP contribution is -2.48. The molecule has 2 aromatic carbocycles. The average molecular weight is 419 g/mol.